The Bertz CT molecular complexity index is 944. The van der Waals surface area contributed by atoms with Crippen LogP contribution in [0.1, 0.15) is 19.4 Å². The number of anilines is 1. The molecule has 1 amide bonds. The van der Waals surface area contributed by atoms with Gasteiger partial charge < -0.3 is 10.1 Å². The Morgan fingerprint density at radius 2 is 2.04 bits per heavy atom. The Hall–Kier alpha value is -2.03. The largest absolute Gasteiger partial charge is 0.494 e. The summed E-state index contributed by atoms with van der Waals surface area (Å²) >= 11 is 1.54. The van der Waals surface area contributed by atoms with Crippen molar-refractivity contribution >= 4 is 33.4 Å². The Kier molecular flexibility index (Phi) is 6.08. The maximum Gasteiger partial charge on any atom is 0.240 e. The molecule has 144 valence electrons. The van der Waals surface area contributed by atoms with Crippen molar-refractivity contribution in [1.82, 2.24) is 4.72 Å². The van der Waals surface area contributed by atoms with E-state index in [0.29, 0.717) is 23.8 Å². The molecule has 1 heterocycles. The van der Waals surface area contributed by atoms with Crippen LogP contribution < -0.4 is 14.8 Å². The lowest BCUT2D eigenvalue weighted by atomic mass is 10.2. The molecule has 1 aliphatic heterocycles. The predicted molar refractivity (Wildman–Crippen MR) is 107 cm³/mol. The van der Waals surface area contributed by atoms with Gasteiger partial charge in [0.25, 0.3) is 0 Å². The van der Waals surface area contributed by atoms with E-state index in [2.05, 4.69) is 10.0 Å². The lowest BCUT2D eigenvalue weighted by Gasteiger charge is -2.13. The van der Waals surface area contributed by atoms with Crippen molar-refractivity contribution in [1.29, 1.82) is 0 Å². The van der Waals surface area contributed by atoms with E-state index in [0.717, 1.165) is 10.5 Å². The fourth-order valence-corrected chi connectivity index (χ4v) is 4.69. The molecule has 1 atom stereocenters. The molecule has 8 heteroatoms. The number of amides is 1. The van der Waals surface area contributed by atoms with E-state index >= 15 is 0 Å². The van der Waals surface area contributed by atoms with Gasteiger partial charge in [0.15, 0.2) is 0 Å². The summed E-state index contributed by atoms with van der Waals surface area (Å²) in [4.78, 5) is 13.0. The van der Waals surface area contributed by atoms with E-state index in [-0.39, 0.29) is 23.3 Å². The SMILES string of the molecule is CCOc1ccccc1CNS(=O)(=O)c1ccc2c(c1)NC(=O)C(C)CS2. The van der Waals surface area contributed by atoms with Gasteiger partial charge in [-0.15, -0.1) is 11.8 Å². The Labute approximate surface area is 163 Å². The van der Waals surface area contributed by atoms with E-state index < -0.39 is 10.0 Å². The summed E-state index contributed by atoms with van der Waals surface area (Å²) in [6.45, 7) is 4.35. The van der Waals surface area contributed by atoms with Crippen molar-refractivity contribution in [2.75, 3.05) is 17.7 Å². The first-order chi connectivity index (χ1) is 12.9. The zero-order chi connectivity index (χ0) is 19.4. The predicted octanol–water partition coefficient (Wildman–Crippen LogP) is 3.24. The number of rotatable bonds is 6. The molecule has 0 saturated carbocycles. The number of benzene rings is 2. The minimum absolute atomic E-state index is 0.102. The number of sulfonamides is 1. The molecular weight excluding hydrogens is 384 g/mol. The van der Waals surface area contributed by atoms with Crippen LogP contribution >= 0.6 is 11.8 Å². The molecule has 6 nitrogen and oxygen atoms in total. The van der Waals surface area contributed by atoms with E-state index in [1.54, 1.807) is 23.9 Å². The van der Waals surface area contributed by atoms with Gasteiger partial charge in [-0.2, -0.15) is 0 Å². The van der Waals surface area contributed by atoms with Crippen LogP contribution in [0, 0.1) is 5.92 Å². The molecule has 0 saturated heterocycles. The van der Waals surface area contributed by atoms with Crippen molar-refractivity contribution in [3.8, 4) is 5.75 Å². The van der Waals surface area contributed by atoms with E-state index in [1.165, 1.54) is 6.07 Å². The van der Waals surface area contributed by atoms with Crippen LogP contribution in [0.3, 0.4) is 0 Å². The fourth-order valence-electron chi connectivity index (χ4n) is 2.65. The number of para-hydroxylation sites is 1. The summed E-state index contributed by atoms with van der Waals surface area (Å²) in [6, 6.07) is 12.1. The summed E-state index contributed by atoms with van der Waals surface area (Å²) in [5, 5.41) is 2.81. The molecule has 2 aromatic rings. The summed E-state index contributed by atoms with van der Waals surface area (Å²) in [6.07, 6.45) is 0. The summed E-state index contributed by atoms with van der Waals surface area (Å²) in [5.41, 5.74) is 1.29. The van der Waals surface area contributed by atoms with Gasteiger partial charge in [0.1, 0.15) is 5.75 Å². The summed E-state index contributed by atoms with van der Waals surface area (Å²) in [5.74, 6) is 1.09. The van der Waals surface area contributed by atoms with Gasteiger partial charge in [0.05, 0.1) is 17.2 Å². The second kappa shape index (κ2) is 8.33. The molecule has 0 fully saturated rings. The molecule has 0 radical (unpaired) electrons. The first kappa shape index (κ1) is 19.7. The second-order valence-corrected chi connectivity index (χ2v) is 9.05. The van der Waals surface area contributed by atoms with Crippen LogP contribution in [0.5, 0.6) is 5.75 Å². The highest BCUT2D eigenvalue weighted by molar-refractivity contribution is 7.99. The van der Waals surface area contributed by atoms with Crippen LogP contribution in [0.2, 0.25) is 0 Å². The number of carbonyl (C=O) groups is 1. The third kappa shape index (κ3) is 4.63. The van der Waals surface area contributed by atoms with Crippen LogP contribution in [-0.2, 0) is 21.4 Å². The Morgan fingerprint density at radius 1 is 1.26 bits per heavy atom. The number of hydrogen-bond acceptors (Lipinski definition) is 5. The van der Waals surface area contributed by atoms with Gasteiger partial charge in [-0.25, -0.2) is 13.1 Å². The number of ether oxygens (including phenoxy) is 1. The smallest absolute Gasteiger partial charge is 0.240 e. The van der Waals surface area contributed by atoms with Gasteiger partial charge in [-0.05, 0) is 31.2 Å². The highest BCUT2D eigenvalue weighted by atomic mass is 32.2. The molecule has 2 N–H and O–H groups in total. The third-order valence-corrected chi connectivity index (χ3v) is 6.91. The highest BCUT2D eigenvalue weighted by Gasteiger charge is 2.23. The van der Waals surface area contributed by atoms with Crippen LogP contribution in [0.25, 0.3) is 0 Å². The second-order valence-electron chi connectivity index (χ2n) is 6.22. The van der Waals surface area contributed by atoms with Gasteiger partial charge in [0, 0.05) is 28.7 Å². The molecule has 3 rings (SSSR count). The minimum atomic E-state index is -3.73. The van der Waals surface area contributed by atoms with Gasteiger partial charge in [0.2, 0.25) is 15.9 Å². The van der Waals surface area contributed by atoms with Crippen LogP contribution in [-0.4, -0.2) is 26.7 Å². The lowest BCUT2D eigenvalue weighted by Crippen LogP contribution is -2.24. The van der Waals surface area contributed by atoms with Crippen LogP contribution in [0.15, 0.2) is 52.3 Å². The number of fused-ring (bicyclic) bond motifs is 1. The topological polar surface area (TPSA) is 84.5 Å². The zero-order valence-corrected chi connectivity index (χ0v) is 16.8. The van der Waals surface area contributed by atoms with E-state index in [4.69, 9.17) is 4.74 Å². The maximum atomic E-state index is 12.7. The maximum absolute atomic E-state index is 12.7. The lowest BCUT2D eigenvalue weighted by molar-refractivity contribution is -0.118. The molecular formula is C19H22N2O4S2. The molecule has 2 aromatic carbocycles. The standard InChI is InChI=1S/C19H22N2O4S2/c1-3-25-17-7-5-4-6-14(17)11-20-27(23,24)15-8-9-18-16(10-15)21-19(22)13(2)12-26-18/h4-10,13,20H,3,11-12H2,1-2H3,(H,21,22). The van der Waals surface area contributed by atoms with Crippen molar-refractivity contribution < 1.29 is 17.9 Å². The van der Waals surface area contributed by atoms with Crippen molar-refractivity contribution in [2.24, 2.45) is 5.92 Å². The molecule has 27 heavy (non-hydrogen) atoms. The molecule has 0 aliphatic carbocycles. The number of hydrogen-bond donors (Lipinski definition) is 2. The van der Waals surface area contributed by atoms with Gasteiger partial charge >= 0.3 is 0 Å². The monoisotopic (exact) mass is 406 g/mol. The van der Waals surface area contributed by atoms with Gasteiger partial charge in [-0.1, -0.05) is 25.1 Å². The number of carbonyl (C=O) groups excluding carboxylic acids is 1. The molecule has 0 spiro atoms. The van der Waals surface area contributed by atoms with E-state index in [1.807, 2.05) is 38.1 Å². The fraction of sp³-hybridized carbons (Fsp3) is 0.316. The first-order valence-electron chi connectivity index (χ1n) is 8.69. The molecule has 0 aromatic heterocycles. The first-order valence-corrected chi connectivity index (χ1v) is 11.2. The molecule has 0 bridgehead atoms. The van der Waals surface area contributed by atoms with Crippen molar-refractivity contribution in [2.45, 2.75) is 30.2 Å². The molecule has 1 aliphatic rings. The highest BCUT2D eigenvalue weighted by Crippen LogP contribution is 2.34. The quantitative estimate of drug-likeness (QED) is 0.769. The minimum Gasteiger partial charge on any atom is -0.494 e. The summed E-state index contributed by atoms with van der Waals surface area (Å²) in [7, 11) is -3.73. The van der Waals surface area contributed by atoms with Gasteiger partial charge in [-0.3, -0.25) is 4.79 Å². The van der Waals surface area contributed by atoms with Crippen molar-refractivity contribution in [3.05, 3.63) is 48.0 Å². The Balaban J connectivity index is 1.80. The average molecular weight is 407 g/mol. The Morgan fingerprint density at radius 3 is 2.81 bits per heavy atom. The zero-order valence-electron chi connectivity index (χ0n) is 15.2. The average Bonchev–Trinajstić information content (AvgIpc) is 2.79. The molecule has 1 unspecified atom stereocenters. The normalized spacial score (nSPS) is 17.0. The van der Waals surface area contributed by atoms with Crippen molar-refractivity contribution in [3.63, 3.8) is 0 Å². The number of nitrogens with one attached hydrogen (secondary N) is 2. The van der Waals surface area contributed by atoms with Crippen LogP contribution in [0.4, 0.5) is 5.69 Å². The van der Waals surface area contributed by atoms with E-state index in [9.17, 15) is 13.2 Å². The summed E-state index contributed by atoms with van der Waals surface area (Å²) < 4.78 is 33.6. The number of thioether (sulfide) groups is 1. The third-order valence-electron chi connectivity index (χ3n) is 4.18.